The maximum atomic E-state index is 4.32. The van der Waals surface area contributed by atoms with Gasteiger partial charge >= 0.3 is 0 Å². The van der Waals surface area contributed by atoms with Crippen molar-refractivity contribution < 1.29 is 0 Å². The summed E-state index contributed by atoms with van der Waals surface area (Å²) in [4.78, 5) is 0.652. The van der Waals surface area contributed by atoms with Gasteiger partial charge in [0.2, 0.25) is 0 Å². The first-order chi connectivity index (χ1) is 19.6. The van der Waals surface area contributed by atoms with Crippen molar-refractivity contribution in [1.82, 2.24) is 0 Å². The van der Waals surface area contributed by atoms with Crippen LogP contribution in [0.2, 0.25) is 0 Å². The molecule has 0 bridgehead atoms. The van der Waals surface area contributed by atoms with E-state index in [9.17, 15) is 0 Å². The Hall–Kier alpha value is -1.86. The summed E-state index contributed by atoms with van der Waals surface area (Å²) in [5.74, 6) is 2.47. The molecule has 2 aliphatic carbocycles. The van der Waals surface area contributed by atoms with Crippen LogP contribution in [0.5, 0.6) is 0 Å². The molecule has 0 N–H and O–H groups in total. The molecular formula is C41H61Br. The van der Waals surface area contributed by atoms with E-state index in [0.29, 0.717) is 39.3 Å². The van der Waals surface area contributed by atoms with Crippen molar-refractivity contribution in [2.24, 2.45) is 34.5 Å². The summed E-state index contributed by atoms with van der Waals surface area (Å²) >= 11 is 3.86. The van der Waals surface area contributed by atoms with Crippen molar-refractivity contribution in [3.05, 3.63) is 107 Å². The molecule has 0 heterocycles. The quantitative estimate of drug-likeness (QED) is 0.121. The minimum atomic E-state index is 0.339. The van der Waals surface area contributed by atoms with Crippen LogP contribution in [0, 0.1) is 34.5 Å². The lowest BCUT2D eigenvalue weighted by Gasteiger charge is -2.43. The highest BCUT2D eigenvalue weighted by Gasteiger charge is 2.39. The Labute approximate surface area is 269 Å². The third-order valence-electron chi connectivity index (χ3n) is 9.77. The summed E-state index contributed by atoms with van der Waals surface area (Å²) in [7, 11) is 0. The molecule has 0 aliphatic heterocycles. The second-order valence-electron chi connectivity index (χ2n) is 14.8. The Kier molecular flexibility index (Phi) is 14.6. The molecule has 2 saturated carbocycles. The van der Waals surface area contributed by atoms with E-state index in [0.717, 1.165) is 12.8 Å². The largest absolute Gasteiger partial charge is 0.0996 e. The summed E-state index contributed by atoms with van der Waals surface area (Å²) in [5.41, 5.74) is 7.43. The zero-order chi connectivity index (χ0) is 31.5. The van der Waals surface area contributed by atoms with Crippen LogP contribution >= 0.6 is 15.9 Å². The highest BCUT2D eigenvalue weighted by atomic mass is 79.9. The van der Waals surface area contributed by atoms with Crippen molar-refractivity contribution in [2.75, 3.05) is 0 Å². The predicted molar refractivity (Wildman–Crippen MR) is 194 cm³/mol. The molecule has 1 heteroatoms. The van der Waals surface area contributed by atoms with Crippen molar-refractivity contribution in [3.63, 3.8) is 0 Å². The van der Waals surface area contributed by atoms with Crippen LogP contribution in [0.25, 0.3) is 0 Å². The maximum absolute atomic E-state index is 4.32. The van der Waals surface area contributed by atoms with Gasteiger partial charge in [0.1, 0.15) is 0 Å². The van der Waals surface area contributed by atoms with E-state index in [4.69, 9.17) is 0 Å². The molecule has 0 radical (unpaired) electrons. The number of allylic oxidation sites excluding steroid dienone is 17. The summed E-state index contributed by atoms with van der Waals surface area (Å²) in [6.45, 7) is 27.5. The molecule has 42 heavy (non-hydrogen) atoms. The van der Waals surface area contributed by atoms with Gasteiger partial charge in [0.05, 0.1) is 0 Å². The molecular weight excluding hydrogens is 572 g/mol. The van der Waals surface area contributed by atoms with Gasteiger partial charge in [-0.1, -0.05) is 165 Å². The van der Waals surface area contributed by atoms with Crippen molar-refractivity contribution in [1.29, 1.82) is 0 Å². The summed E-state index contributed by atoms with van der Waals surface area (Å²) in [5, 5.41) is 0. The standard InChI is InChI=1S/C41H61Br/c1-30(18-14-20-32(3)22-24-38-35(6)28-37(42)29-41(38,10)11)16-12-13-17-31(2)19-15-21-33(4)23-25-39-36(7)34(5)26-27-40(39,8)9/h12-14,16-18,20-25,35-39H,5,15,19,26-29H2,1-4,6-11H3/b13-12+,18-14+,24-22+,25-23+,30-16+,31-17+,32-20+,33-21+. The number of rotatable bonds is 11. The highest BCUT2D eigenvalue weighted by molar-refractivity contribution is 9.09. The Bertz CT molecular complexity index is 1140. The summed E-state index contributed by atoms with van der Waals surface area (Å²) in [6, 6.07) is 0. The first-order valence-electron chi connectivity index (χ1n) is 16.3. The fourth-order valence-electron chi connectivity index (χ4n) is 6.88. The Morgan fingerprint density at radius 1 is 0.810 bits per heavy atom. The predicted octanol–water partition coefficient (Wildman–Crippen LogP) is 13.2. The van der Waals surface area contributed by atoms with Gasteiger partial charge in [-0.25, -0.2) is 0 Å². The summed E-state index contributed by atoms with van der Waals surface area (Å²) < 4.78 is 0. The van der Waals surface area contributed by atoms with Crippen LogP contribution in [0.15, 0.2) is 107 Å². The monoisotopic (exact) mass is 632 g/mol. The van der Waals surface area contributed by atoms with E-state index in [-0.39, 0.29) is 0 Å². The van der Waals surface area contributed by atoms with Gasteiger partial charge in [-0.15, -0.1) is 0 Å². The molecule has 0 amide bonds. The van der Waals surface area contributed by atoms with Crippen LogP contribution in [-0.4, -0.2) is 4.83 Å². The van der Waals surface area contributed by atoms with E-state index in [2.05, 4.69) is 165 Å². The van der Waals surface area contributed by atoms with Gasteiger partial charge in [0.15, 0.2) is 0 Å². The second-order valence-corrected chi connectivity index (χ2v) is 16.1. The fourth-order valence-corrected chi connectivity index (χ4v) is 8.30. The SMILES string of the molecule is C=C1CCC(C)(C)C(/C=C/C(C)=C/CC/C(C)=C/C=C/C=C(C)/C=C/C=C(C)/C=C/C2C(C)CC(Br)CC2(C)C)C1C. The van der Waals surface area contributed by atoms with E-state index >= 15 is 0 Å². The fraction of sp³-hybridized carbons (Fsp3) is 0.561. The van der Waals surface area contributed by atoms with E-state index in [1.807, 2.05) is 0 Å². The molecule has 2 rings (SSSR count). The molecule has 5 unspecified atom stereocenters. The van der Waals surface area contributed by atoms with E-state index in [1.54, 1.807) is 0 Å². The number of hydrogen-bond donors (Lipinski definition) is 0. The molecule has 0 nitrogen and oxygen atoms in total. The Morgan fingerprint density at radius 2 is 1.40 bits per heavy atom. The lowest BCUT2D eigenvalue weighted by molar-refractivity contribution is 0.129. The van der Waals surface area contributed by atoms with Crippen molar-refractivity contribution in [3.8, 4) is 0 Å². The smallest absolute Gasteiger partial charge is 0.0153 e. The molecule has 2 aliphatic rings. The Balaban J connectivity index is 1.82. The average molecular weight is 634 g/mol. The van der Waals surface area contributed by atoms with Gasteiger partial charge < -0.3 is 0 Å². The van der Waals surface area contributed by atoms with Gasteiger partial charge in [0.25, 0.3) is 0 Å². The molecule has 0 aromatic carbocycles. The van der Waals surface area contributed by atoms with E-state index in [1.165, 1.54) is 53.5 Å². The summed E-state index contributed by atoms with van der Waals surface area (Å²) in [6.07, 6.45) is 34.3. The number of hydrogen-bond acceptors (Lipinski definition) is 0. The number of alkyl halides is 1. The topological polar surface area (TPSA) is 0 Å². The lowest BCUT2D eigenvalue weighted by atomic mass is 9.62. The van der Waals surface area contributed by atoms with Crippen molar-refractivity contribution >= 4 is 15.9 Å². The average Bonchev–Trinajstić information content (AvgIpc) is 2.87. The molecule has 5 atom stereocenters. The van der Waals surface area contributed by atoms with Gasteiger partial charge in [-0.3, -0.25) is 0 Å². The van der Waals surface area contributed by atoms with E-state index < -0.39 is 0 Å². The second kappa shape index (κ2) is 16.8. The third kappa shape index (κ3) is 12.0. The first kappa shape index (κ1) is 36.3. The molecule has 0 spiro atoms. The molecule has 0 saturated heterocycles. The van der Waals surface area contributed by atoms with Crippen LogP contribution < -0.4 is 0 Å². The van der Waals surface area contributed by atoms with Gasteiger partial charge in [-0.2, -0.15) is 0 Å². The minimum Gasteiger partial charge on any atom is -0.0996 e. The highest BCUT2D eigenvalue weighted by Crippen LogP contribution is 2.47. The lowest BCUT2D eigenvalue weighted by Crippen LogP contribution is -2.36. The molecule has 0 aromatic heterocycles. The van der Waals surface area contributed by atoms with Crippen LogP contribution in [-0.2, 0) is 0 Å². The molecule has 232 valence electrons. The van der Waals surface area contributed by atoms with Crippen LogP contribution in [0.1, 0.15) is 108 Å². The molecule has 2 fully saturated rings. The van der Waals surface area contributed by atoms with Crippen LogP contribution in [0.3, 0.4) is 0 Å². The third-order valence-corrected chi connectivity index (χ3v) is 10.5. The van der Waals surface area contributed by atoms with Crippen molar-refractivity contribution in [2.45, 2.75) is 113 Å². The van der Waals surface area contributed by atoms with Crippen LogP contribution in [0.4, 0.5) is 0 Å². The van der Waals surface area contributed by atoms with Gasteiger partial charge in [0, 0.05) is 4.83 Å². The van der Waals surface area contributed by atoms with Gasteiger partial charge in [-0.05, 0) is 101 Å². The number of halogens is 1. The molecule has 0 aromatic rings. The zero-order valence-corrected chi connectivity index (χ0v) is 30.2. The normalized spacial score (nSPS) is 30.0. The Morgan fingerprint density at radius 3 is 2.10 bits per heavy atom. The zero-order valence-electron chi connectivity index (χ0n) is 28.6. The minimum absolute atomic E-state index is 0.339. The maximum Gasteiger partial charge on any atom is 0.0153 e. The first-order valence-corrected chi connectivity index (χ1v) is 17.2.